The second-order valence-electron chi connectivity index (χ2n) is 6.84. The van der Waals surface area contributed by atoms with E-state index in [2.05, 4.69) is 50.4 Å². The Labute approximate surface area is 179 Å². The molecule has 2 aromatic carbocycles. The number of nitrogens with one attached hydrogen (secondary N) is 2. The molecule has 9 heteroatoms. The van der Waals surface area contributed by atoms with E-state index in [0.717, 1.165) is 16.8 Å². The average Bonchev–Trinajstić information content (AvgIpc) is 3.20. The van der Waals surface area contributed by atoms with Crippen molar-refractivity contribution in [2.24, 2.45) is 0 Å². The van der Waals surface area contributed by atoms with Gasteiger partial charge in [0.2, 0.25) is 23.7 Å². The number of hydrogen-bond donors (Lipinski definition) is 3. The first kappa shape index (κ1) is 20.1. The van der Waals surface area contributed by atoms with Crippen molar-refractivity contribution in [1.82, 2.24) is 25.1 Å². The molecule has 4 aromatic rings. The molecule has 31 heavy (non-hydrogen) atoms. The van der Waals surface area contributed by atoms with Gasteiger partial charge < -0.3 is 20.5 Å². The average molecular weight is 417 g/mol. The van der Waals surface area contributed by atoms with Crippen molar-refractivity contribution >= 4 is 17.6 Å². The number of hydrogen-bond acceptors (Lipinski definition) is 8. The smallest absolute Gasteiger partial charge is 0.246 e. The van der Waals surface area contributed by atoms with Gasteiger partial charge in [-0.2, -0.15) is 15.0 Å². The zero-order valence-electron chi connectivity index (χ0n) is 17.5. The van der Waals surface area contributed by atoms with E-state index >= 15 is 0 Å². The van der Waals surface area contributed by atoms with Crippen LogP contribution >= 0.6 is 0 Å². The van der Waals surface area contributed by atoms with Crippen LogP contribution in [0.5, 0.6) is 17.5 Å². The third-order valence-electron chi connectivity index (χ3n) is 4.68. The number of nitrogen functional groups attached to an aromatic ring is 1. The van der Waals surface area contributed by atoms with Crippen molar-refractivity contribution in [2.45, 2.75) is 20.8 Å². The molecule has 0 unspecified atom stereocenters. The van der Waals surface area contributed by atoms with Crippen LogP contribution in [-0.4, -0.2) is 31.8 Å². The molecule has 2 aromatic heterocycles. The molecule has 0 saturated carbocycles. The Morgan fingerprint density at radius 1 is 1.00 bits per heavy atom. The van der Waals surface area contributed by atoms with Gasteiger partial charge in [0, 0.05) is 11.3 Å². The quantitative estimate of drug-likeness (QED) is 0.404. The number of nitrogens with zero attached hydrogens (tertiary/aromatic N) is 4. The third-order valence-corrected chi connectivity index (χ3v) is 4.68. The summed E-state index contributed by atoms with van der Waals surface area (Å²) in [4.78, 5) is 12.6. The Morgan fingerprint density at radius 2 is 1.77 bits per heavy atom. The van der Waals surface area contributed by atoms with Gasteiger partial charge >= 0.3 is 0 Å². The highest BCUT2D eigenvalue weighted by Gasteiger charge is 2.10. The van der Waals surface area contributed by atoms with Gasteiger partial charge in [-0.05, 0) is 62.2 Å². The summed E-state index contributed by atoms with van der Waals surface area (Å²) in [5.41, 5.74) is 9.92. The summed E-state index contributed by atoms with van der Waals surface area (Å²) < 4.78 is 11.1. The van der Waals surface area contributed by atoms with Gasteiger partial charge in [0.05, 0.1) is 12.7 Å². The Hall–Kier alpha value is -4.14. The van der Waals surface area contributed by atoms with Gasteiger partial charge in [0.15, 0.2) is 5.82 Å². The molecular formula is C22H23N7O2. The van der Waals surface area contributed by atoms with E-state index in [-0.39, 0.29) is 5.95 Å². The largest absolute Gasteiger partial charge is 0.478 e. The van der Waals surface area contributed by atoms with Gasteiger partial charge in [-0.25, -0.2) is 0 Å². The minimum atomic E-state index is 0.0862. The van der Waals surface area contributed by atoms with Crippen molar-refractivity contribution in [1.29, 1.82) is 0 Å². The second-order valence-corrected chi connectivity index (χ2v) is 6.84. The van der Waals surface area contributed by atoms with Gasteiger partial charge in [-0.3, -0.25) is 5.10 Å². The lowest BCUT2D eigenvalue weighted by atomic mass is 10.1. The van der Waals surface area contributed by atoms with Crippen LogP contribution in [0.25, 0.3) is 11.4 Å². The standard InChI is InChI=1S/C22H23N7O2/c1-4-30-18-12-19(26-21(23)25-18)31-16-10-8-15(9-11-16)20-27-22(29-28-20)24-17-7-5-6-13(2)14(17)3/h5-12H,4H2,1-3H3,(H2,23,25,26)(H2,24,27,28,29). The zero-order valence-corrected chi connectivity index (χ0v) is 17.5. The van der Waals surface area contributed by atoms with E-state index < -0.39 is 0 Å². The van der Waals surface area contributed by atoms with Gasteiger partial charge in [-0.15, -0.1) is 5.10 Å². The first-order valence-corrected chi connectivity index (χ1v) is 9.83. The molecule has 0 aliphatic carbocycles. The molecule has 0 spiro atoms. The van der Waals surface area contributed by atoms with Crippen LogP contribution in [-0.2, 0) is 0 Å². The van der Waals surface area contributed by atoms with Gasteiger partial charge in [0.1, 0.15) is 5.75 Å². The number of nitrogens with two attached hydrogens (primary N) is 1. The predicted molar refractivity (Wildman–Crippen MR) is 119 cm³/mol. The summed E-state index contributed by atoms with van der Waals surface area (Å²) in [7, 11) is 0. The molecule has 9 nitrogen and oxygen atoms in total. The van der Waals surface area contributed by atoms with E-state index in [9.17, 15) is 0 Å². The van der Waals surface area contributed by atoms with Crippen molar-refractivity contribution in [3.63, 3.8) is 0 Å². The van der Waals surface area contributed by atoms with E-state index in [0.29, 0.717) is 35.9 Å². The molecule has 2 heterocycles. The maximum atomic E-state index is 5.78. The van der Waals surface area contributed by atoms with E-state index in [1.54, 1.807) is 6.07 Å². The molecular weight excluding hydrogens is 394 g/mol. The molecule has 4 N–H and O–H groups in total. The van der Waals surface area contributed by atoms with Gasteiger partial charge in [0.25, 0.3) is 0 Å². The first-order chi connectivity index (χ1) is 15.0. The fraction of sp³-hybridized carbons (Fsp3) is 0.182. The summed E-state index contributed by atoms with van der Waals surface area (Å²) >= 11 is 0. The molecule has 158 valence electrons. The van der Waals surface area contributed by atoms with E-state index in [1.807, 2.05) is 43.3 Å². The molecule has 4 rings (SSSR count). The molecule has 0 radical (unpaired) electrons. The monoisotopic (exact) mass is 417 g/mol. The number of rotatable bonds is 7. The van der Waals surface area contributed by atoms with Crippen molar-refractivity contribution in [3.8, 4) is 28.9 Å². The minimum Gasteiger partial charge on any atom is -0.478 e. The molecule has 0 aliphatic rings. The number of ether oxygens (including phenoxy) is 2. The summed E-state index contributed by atoms with van der Waals surface area (Å²) in [5.74, 6) is 2.50. The maximum Gasteiger partial charge on any atom is 0.246 e. The minimum absolute atomic E-state index is 0.0862. The SMILES string of the molecule is CCOc1cc(Oc2ccc(-c3nc(Nc4cccc(C)c4C)n[nH]3)cc2)nc(N)n1. The molecule has 0 saturated heterocycles. The summed E-state index contributed by atoms with van der Waals surface area (Å²) in [6.45, 7) is 6.47. The predicted octanol–water partition coefficient (Wildman–Crippen LogP) is 4.40. The van der Waals surface area contributed by atoms with Crippen LogP contribution < -0.4 is 20.5 Å². The van der Waals surface area contributed by atoms with Crippen LogP contribution in [0.15, 0.2) is 48.5 Å². The lowest BCUT2D eigenvalue weighted by Gasteiger charge is -2.08. The Kier molecular flexibility index (Phi) is 5.65. The molecule has 0 atom stereocenters. The highest BCUT2D eigenvalue weighted by Crippen LogP contribution is 2.27. The van der Waals surface area contributed by atoms with Crippen LogP contribution in [0, 0.1) is 13.8 Å². The number of aromatic amines is 1. The topological polar surface area (TPSA) is 124 Å². The Morgan fingerprint density at radius 3 is 2.55 bits per heavy atom. The van der Waals surface area contributed by atoms with Crippen LogP contribution in [0.4, 0.5) is 17.6 Å². The lowest BCUT2D eigenvalue weighted by Crippen LogP contribution is -2.01. The fourth-order valence-corrected chi connectivity index (χ4v) is 2.95. The fourth-order valence-electron chi connectivity index (χ4n) is 2.95. The van der Waals surface area contributed by atoms with Crippen LogP contribution in [0.3, 0.4) is 0 Å². The molecule has 0 bridgehead atoms. The van der Waals surface area contributed by atoms with Gasteiger partial charge in [-0.1, -0.05) is 12.1 Å². The Balaban J connectivity index is 1.47. The lowest BCUT2D eigenvalue weighted by molar-refractivity contribution is 0.323. The normalized spacial score (nSPS) is 10.7. The highest BCUT2D eigenvalue weighted by molar-refractivity contribution is 5.63. The summed E-state index contributed by atoms with van der Waals surface area (Å²) in [6.07, 6.45) is 0. The number of anilines is 3. The number of aromatic nitrogens is 5. The van der Waals surface area contributed by atoms with Crippen LogP contribution in [0.1, 0.15) is 18.1 Å². The van der Waals surface area contributed by atoms with Crippen molar-refractivity contribution in [2.75, 3.05) is 17.7 Å². The highest BCUT2D eigenvalue weighted by atomic mass is 16.5. The third kappa shape index (κ3) is 4.72. The number of benzene rings is 2. The summed E-state index contributed by atoms with van der Waals surface area (Å²) in [6, 6.07) is 15.1. The number of H-pyrrole nitrogens is 1. The van der Waals surface area contributed by atoms with E-state index in [4.69, 9.17) is 15.2 Å². The first-order valence-electron chi connectivity index (χ1n) is 9.83. The van der Waals surface area contributed by atoms with E-state index in [1.165, 1.54) is 5.56 Å². The van der Waals surface area contributed by atoms with Crippen LogP contribution in [0.2, 0.25) is 0 Å². The van der Waals surface area contributed by atoms with Crippen molar-refractivity contribution < 1.29 is 9.47 Å². The van der Waals surface area contributed by atoms with Crippen molar-refractivity contribution in [3.05, 3.63) is 59.7 Å². The zero-order chi connectivity index (χ0) is 21.8. The molecule has 0 fully saturated rings. The second kappa shape index (κ2) is 8.70. The Bertz CT molecular complexity index is 1190. The number of aryl methyl sites for hydroxylation is 1. The molecule has 0 aliphatic heterocycles. The maximum absolute atomic E-state index is 5.78. The molecule has 0 amide bonds. The summed E-state index contributed by atoms with van der Waals surface area (Å²) in [5, 5.41) is 10.5.